The van der Waals surface area contributed by atoms with Crippen LogP contribution in [0.1, 0.15) is 52.6 Å². The molecule has 2 heterocycles. The fourth-order valence-electron chi connectivity index (χ4n) is 3.29. The topological polar surface area (TPSA) is 78.5 Å². The lowest BCUT2D eigenvalue weighted by Crippen LogP contribution is -2.49. The van der Waals surface area contributed by atoms with Gasteiger partial charge < -0.3 is 15.5 Å². The second-order valence-corrected chi connectivity index (χ2v) is 7.76. The van der Waals surface area contributed by atoms with E-state index >= 15 is 0 Å². The van der Waals surface area contributed by atoms with Crippen LogP contribution in [0.5, 0.6) is 0 Å². The first-order valence-corrected chi connectivity index (χ1v) is 10.5. The Morgan fingerprint density at radius 3 is 2.79 bits per heavy atom. The first-order chi connectivity index (χ1) is 13.6. The van der Waals surface area contributed by atoms with E-state index in [0.29, 0.717) is 35.6 Å². The average molecular weight is 400 g/mol. The Morgan fingerprint density at radius 2 is 2.04 bits per heavy atom. The van der Waals surface area contributed by atoms with Gasteiger partial charge in [0.25, 0.3) is 11.8 Å². The number of nitrogens with one attached hydrogen (secondary N) is 2. The molecule has 1 atom stereocenters. The molecule has 2 N–H and O–H groups in total. The van der Waals surface area contributed by atoms with Crippen LogP contribution in [-0.2, 0) is 4.79 Å². The third-order valence-corrected chi connectivity index (χ3v) is 5.58. The predicted octanol–water partition coefficient (Wildman–Crippen LogP) is 3.52. The van der Waals surface area contributed by atoms with Crippen molar-refractivity contribution in [3.05, 3.63) is 52.2 Å². The van der Waals surface area contributed by atoms with Crippen molar-refractivity contribution in [2.45, 2.75) is 38.6 Å². The van der Waals surface area contributed by atoms with Gasteiger partial charge in [-0.2, -0.15) is 0 Å². The van der Waals surface area contributed by atoms with Gasteiger partial charge in [-0.3, -0.25) is 14.4 Å². The number of amides is 3. The van der Waals surface area contributed by atoms with Gasteiger partial charge in [-0.05, 0) is 55.3 Å². The molecule has 0 bridgehead atoms. The maximum absolute atomic E-state index is 12.9. The van der Waals surface area contributed by atoms with E-state index in [9.17, 15) is 14.4 Å². The molecule has 0 radical (unpaired) electrons. The minimum absolute atomic E-state index is 0.0949. The molecule has 0 saturated carbocycles. The zero-order valence-electron chi connectivity index (χ0n) is 15.9. The standard InChI is InChI=1S/C21H25N3O3S/c1-2-11-22-19(25)15-7-5-8-16(14-15)23-20(26)17-9-3-4-12-24(17)21(27)18-10-6-13-28-18/h5-8,10,13-14,17H,2-4,9,11-12H2,1H3,(H,22,25)(H,23,26). The Balaban J connectivity index is 1.70. The van der Waals surface area contributed by atoms with Gasteiger partial charge in [0.05, 0.1) is 4.88 Å². The van der Waals surface area contributed by atoms with E-state index in [1.807, 2.05) is 18.4 Å². The molecule has 3 amide bonds. The third-order valence-electron chi connectivity index (χ3n) is 4.73. The second kappa shape index (κ2) is 9.50. The third kappa shape index (κ3) is 4.78. The van der Waals surface area contributed by atoms with E-state index < -0.39 is 6.04 Å². The maximum Gasteiger partial charge on any atom is 0.264 e. The molecule has 1 aromatic carbocycles. The molecule has 2 aromatic rings. The number of benzene rings is 1. The molecule has 148 valence electrons. The van der Waals surface area contributed by atoms with Crippen LogP contribution in [-0.4, -0.2) is 41.8 Å². The highest BCUT2D eigenvalue weighted by Gasteiger charge is 2.33. The molecular weight excluding hydrogens is 374 g/mol. The van der Waals surface area contributed by atoms with Crippen LogP contribution in [0, 0.1) is 0 Å². The van der Waals surface area contributed by atoms with Crippen molar-refractivity contribution in [2.75, 3.05) is 18.4 Å². The molecule has 3 rings (SSSR count). The molecule has 7 heteroatoms. The number of hydrogen-bond acceptors (Lipinski definition) is 4. The van der Waals surface area contributed by atoms with E-state index in [-0.39, 0.29) is 17.7 Å². The smallest absolute Gasteiger partial charge is 0.264 e. The van der Waals surface area contributed by atoms with E-state index in [1.165, 1.54) is 11.3 Å². The first-order valence-electron chi connectivity index (χ1n) is 9.63. The van der Waals surface area contributed by atoms with Crippen molar-refractivity contribution >= 4 is 34.7 Å². The van der Waals surface area contributed by atoms with Gasteiger partial charge in [0, 0.05) is 24.3 Å². The molecule has 1 aromatic heterocycles. The molecular formula is C21H25N3O3S. The van der Waals surface area contributed by atoms with Gasteiger partial charge in [-0.25, -0.2) is 0 Å². The van der Waals surface area contributed by atoms with Crippen LogP contribution >= 0.6 is 11.3 Å². The van der Waals surface area contributed by atoms with Crippen molar-refractivity contribution in [1.29, 1.82) is 0 Å². The maximum atomic E-state index is 12.9. The summed E-state index contributed by atoms with van der Waals surface area (Å²) in [6.07, 6.45) is 3.30. The average Bonchev–Trinajstić information content (AvgIpc) is 3.26. The van der Waals surface area contributed by atoms with Gasteiger partial charge in [0.1, 0.15) is 6.04 Å². The summed E-state index contributed by atoms with van der Waals surface area (Å²) in [6.45, 7) is 3.18. The van der Waals surface area contributed by atoms with Crippen molar-refractivity contribution in [3.8, 4) is 0 Å². The predicted molar refractivity (Wildman–Crippen MR) is 111 cm³/mol. The van der Waals surface area contributed by atoms with Gasteiger partial charge in [-0.15, -0.1) is 11.3 Å². The second-order valence-electron chi connectivity index (χ2n) is 6.81. The van der Waals surface area contributed by atoms with E-state index in [2.05, 4.69) is 10.6 Å². The van der Waals surface area contributed by atoms with Gasteiger partial charge >= 0.3 is 0 Å². The molecule has 0 spiro atoms. The summed E-state index contributed by atoms with van der Waals surface area (Å²) in [4.78, 5) is 40.1. The molecule has 1 unspecified atom stereocenters. The minimum atomic E-state index is -0.499. The number of nitrogens with zero attached hydrogens (tertiary/aromatic N) is 1. The lowest BCUT2D eigenvalue weighted by molar-refractivity contribution is -0.121. The summed E-state index contributed by atoms with van der Waals surface area (Å²) in [5.74, 6) is -0.469. The van der Waals surface area contributed by atoms with Crippen LogP contribution in [0.3, 0.4) is 0 Å². The highest BCUT2D eigenvalue weighted by atomic mass is 32.1. The number of likely N-dealkylation sites (tertiary alicyclic amines) is 1. The number of rotatable bonds is 6. The lowest BCUT2D eigenvalue weighted by Gasteiger charge is -2.34. The molecule has 6 nitrogen and oxygen atoms in total. The van der Waals surface area contributed by atoms with E-state index in [0.717, 1.165) is 19.3 Å². The van der Waals surface area contributed by atoms with Crippen LogP contribution in [0.4, 0.5) is 5.69 Å². The Hall–Kier alpha value is -2.67. The SMILES string of the molecule is CCCNC(=O)c1cccc(NC(=O)C2CCCCN2C(=O)c2cccs2)c1. The van der Waals surface area contributed by atoms with Crippen molar-refractivity contribution in [3.63, 3.8) is 0 Å². The fraction of sp³-hybridized carbons (Fsp3) is 0.381. The molecule has 1 saturated heterocycles. The fourth-order valence-corrected chi connectivity index (χ4v) is 3.97. The Bertz CT molecular complexity index is 835. The molecule has 0 aliphatic carbocycles. The number of piperidine rings is 1. The van der Waals surface area contributed by atoms with Crippen molar-refractivity contribution < 1.29 is 14.4 Å². The first kappa shape index (κ1) is 20.1. The van der Waals surface area contributed by atoms with Gasteiger partial charge in [0.2, 0.25) is 5.91 Å². The monoisotopic (exact) mass is 399 g/mol. The molecule has 28 heavy (non-hydrogen) atoms. The number of carbonyl (C=O) groups is 3. The van der Waals surface area contributed by atoms with E-state index in [1.54, 1.807) is 35.2 Å². The summed E-state index contributed by atoms with van der Waals surface area (Å²) in [5.41, 5.74) is 1.06. The summed E-state index contributed by atoms with van der Waals surface area (Å²) in [7, 11) is 0. The van der Waals surface area contributed by atoms with Crippen molar-refractivity contribution in [1.82, 2.24) is 10.2 Å². The lowest BCUT2D eigenvalue weighted by atomic mass is 10.0. The van der Waals surface area contributed by atoms with Gasteiger partial charge in [-0.1, -0.05) is 19.1 Å². The summed E-state index contributed by atoms with van der Waals surface area (Å²) < 4.78 is 0. The largest absolute Gasteiger partial charge is 0.352 e. The number of hydrogen-bond donors (Lipinski definition) is 2. The molecule has 1 fully saturated rings. The summed E-state index contributed by atoms with van der Waals surface area (Å²) in [6, 6.07) is 10.0. The minimum Gasteiger partial charge on any atom is -0.352 e. The highest BCUT2D eigenvalue weighted by molar-refractivity contribution is 7.12. The number of carbonyl (C=O) groups excluding carboxylic acids is 3. The quantitative estimate of drug-likeness (QED) is 0.780. The normalized spacial score (nSPS) is 16.5. The molecule has 1 aliphatic rings. The summed E-state index contributed by atoms with van der Waals surface area (Å²) in [5, 5.41) is 7.57. The zero-order valence-corrected chi connectivity index (χ0v) is 16.8. The molecule has 1 aliphatic heterocycles. The highest BCUT2D eigenvalue weighted by Crippen LogP contribution is 2.23. The van der Waals surface area contributed by atoms with Crippen LogP contribution in [0.15, 0.2) is 41.8 Å². The van der Waals surface area contributed by atoms with Crippen molar-refractivity contribution in [2.24, 2.45) is 0 Å². The van der Waals surface area contributed by atoms with E-state index in [4.69, 9.17) is 0 Å². The Labute approximate surface area is 168 Å². The van der Waals surface area contributed by atoms with Crippen LogP contribution in [0.25, 0.3) is 0 Å². The Morgan fingerprint density at radius 1 is 1.18 bits per heavy atom. The summed E-state index contributed by atoms with van der Waals surface area (Å²) >= 11 is 1.39. The number of thiophene rings is 1. The number of anilines is 1. The Kier molecular flexibility index (Phi) is 6.81. The van der Waals surface area contributed by atoms with Crippen LogP contribution in [0.2, 0.25) is 0 Å². The van der Waals surface area contributed by atoms with Crippen LogP contribution < -0.4 is 10.6 Å². The zero-order chi connectivity index (χ0) is 19.9. The van der Waals surface area contributed by atoms with Gasteiger partial charge in [0.15, 0.2) is 0 Å².